The standard InChI is InChI=1S/C11H15NO/c1-8-3-5-10(6-4-8)11-7-12-9(2)13-11/h5,7-8H,3-4,6H2,1-2H3. The molecular formula is C11H15NO. The average Bonchev–Trinajstić information content (AvgIpc) is 2.53. The number of nitrogens with zero attached hydrogens (tertiary/aromatic N) is 1. The number of rotatable bonds is 1. The fourth-order valence-electron chi connectivity index (χ4n) is 1.70. The first kappa shape index (κ1) is 8.54. The van der Waals surface area contributed by atoms with E-state index in [2.05, 4.69) is 18.0 Å². The molecule has 1 unspecified atom stereocenters. The highest BCUT2D eigenvalue weighted by molar-refractivity contribution is 5.61. The van der Waals surface area contributed by atoms with Crippen LogP contribution in [-0.2, 0) is 0 Å². The van der Waals surface area contributed by atoms with Gasteiger partial charge in [-0.3, -0.25) is 0 Å². The summed E-state index contributed by atoms with van der Waals surface area (Å²) in [6.07, 6.45) is 7.70. The van der Waals surface area contributed by atoms with Crippen molar-refractivity contribution in [3.63, 3.8) is 0 Å². The third-order valence-corrected chi connectivity index (χ3v) is 2.61. The molecule has 0 radical (unpaired) electrons. The van der Waals surface area contributed by atoms with Crippen LogP contribution in [0.4, 0.5) is 0 Å². The maximum Gasteiger partial charge on any atom is 0.191 e. The number of allylic oxidation sites excluding steroid dienone is 2. The van der Waals surface area contributed by atoms with Crippen LogP contribution in [0.5, 0.6) is 0 Å². The Morgan fingerprint density at radius 1 is 1.54 bits per heavy atom. The number of oxazole rings is 1. The van der Waals surface area contributed by atoms with E-state index in [0.29, 0.717) is 0 Å². The van der Waals surface area contributed by atoms with Gasteiger partial charge in [-0.1, -0.05) is 13.0 Å². The second-order valence-corrected chi connectivity index (χ2v) is 3.85. The number of aryl methyl sites for hydroxylation is 1. The van der Waals surface area contributed by atoms with Gasteiger partial charge in [0.1, 0.15) is 5.76 Å². The van der Waals surface area contributed by atoms with Gasteiger partial charge in [0.2, 0.25) is 0 Å². The second kappa shape index (κ2) is 3.36. The molecule has 2 heteroatoms. The van der Waals surface area contributed by atoms with Crippen LogP contribution in [0.3, 0.4) is 0 Å². The highest BCUT2D eigenvalue weighted by Crippen LogP contribution is 2.29. The van der Waals surface area contributed by atoms with E-state index in [1.807, 2.05) is 13.1 Å². The van der Waals surface area contributed by atoms with Crippen LogP contribution >= 0.6 is 0 Å². The van der Waals surface area contributed by atoms with Crippen molar-refractivity contribution >= 4 is 5.57 Å². The molecule has 0 amide bonds. The van der Waals surface area contributed by atoms with Gasteiger partial charge in [0, 0.05) is 6.92 Å². The van der Waals surface area contributed by atoms with E-state index >= 15 is 0 Å². The van der Waals surface area contributed by atoms with Gasteiger partial charge in [0.25, 0.3) is 0 Å². The largest absolute Gasteiger partial charge is 0.441 e. The zero-order valence-electron chi connectivity index (χ0n) is 8.21. The minimum absolute atomic E-state index is 0.759. The summed E-state index contributed by atoms with van der Waals surface area (Å²) in [5.74, 6) is 2.55. The molecule has 0 N–H and O–H groups in total. The summed E-state index contributed by atoms with van der Waals surface area (Å²) in [5.41, 5.74) is 1.33. The molecule has 0 aliphatic heterocycles. The van der Waals surface area contributed by atoms with Gasteiger partial charge in [-0.05, 0) is 30.8 Å². The Labute approximate surface area is 78.7 Å². The molecular weight excluding hydrogens is 162 g/mol. The summed E-state index contributed by atoms with van der Waals surface area (Å²) in [5, 5.41) is 0. The molecule has 1 aromatic rings. The summed E-state index contributed by atoms with van der Waals surface area (Å²) in [6.45, 7) is 4.18. The molecule has 2 rings (SSSR count). The lowest BCUT2D eigenvalue weighted by molar-refractivity contribution is 0.491. The Morgan fingerprint density at radius 3 is 2.92 bits per heavy atom. The summed E-state index contributed by atoms with van der Waals surface area (Å²) in [6, 6.07) is 0. The van der Waals surface area contributed by atoms with Crippen LogP contribution in [-0.4, -0.2) is 4.98 Å². The van der Waals surface area contributed by atoms with Crippen molar-refractivity contribution < 1.29 is 4.42 Å². The highest BCUT2D eigenvalue weighted by Gasteiger charge is 2.13. The molecule has 1 aliphatic carbocycles. The summed E-state index contributed by atoms with van der Waals surface area (Å²) < 4.78 is 5.48. The average molecular weight is 177 g/mol. The van der Waals surface area contributed by atoms with Gasteiger partial charge in [-0.25, -0.2) is 4.98 Å². The first-order valence-electron chi connectivity index (χ1n) is 4.87. The molecule has 0 spiro atoms. The van der Waals surface area contributed by atoms with Crippen LogP contribution in [0.1, 0.15) is 37.8 Å². The lowest BCUT2D eigenvalue weighted by atomic mass is 9.90. The normalized spacial score (nSPS) is 22.9. The van der Waals surface area contributed by atoms with Crippen molar-refractivity contribution in [2.75, 3.05) is 0 Å². The number of hydrogen-bond acceptors (Lipinski definition) is 2. The smallest absolute Gasteiger partial charge is 0.191 e. The van der Waals surface area contributed by atoms with Crippen LogP contribution in [0.25, 0.3) is 5.57 Å². The van der Waals surface area contributed by atoms with Crippen LogP contribution in [0.2, 0.25) is 0 Å². The van der Waals surface area contributed by atoms with E-state index < -0.39 is 0 Å². The molecule has 1 aromatic heterocycles. The van der Waals surface area contributed by atoms with E-state index in [4.69, 9.17) is 4.42 Å². The molecule has 1 heterocycles. The third-order valence-electron chi connectivity index (χ3n) is 2.61. The predicted octanol–water partition coefficient (Wildman–Crippen LogP) is 3.19. The third kappa shape index (κ3) is 1.82. The monoisotopic (exact) mass is 177 g/mol. The Morgan fingerprint density at radius 2 is 2.38 bits per heavy atom. The molecule has 1 atom stereocenters. The Balaban J connectivity index is 2.18. The summed E-state index contributed by atoms with van der Waals surface area (Å²) in [7, 11) is 0. The number of aromatic nitrogens is 1. The van der Waals surface area contributed by atoms with Gasteiger partial charge in [0.05, 0.1) is 6.20 Å². The maximum atomic E-state index is 5.48. The minimum atomic E-state index is 0.759. The predicted molar refractivity (Wildman–Crippen MR) is 52.2 cm³/mol. The Hall–Kier alpha value is -1.05. The minimum Gasteiger partial charge on any atom is -0.441 e. The van der Waals surface area contributed by atoms with Gasteiger partial charge >= 0.3 is 0 Å². The Bertz CT molecular complexity index is 325. The van der Waals surface area contributed by atoms with Gasteiger partial charge in [-0.15, -0.1) is 0 Å². The van der Waals surface area contributed by atoms with Crippen LogP contribution in [0, 0.1) is 12.8 Å². The van der Waals surface area contributed by atoms with Gasteiger partial charge in [0.15, 0.2) is 5.89 Å². The quantitative estimate of drug-likeness (QED) is 0.658. The first-order chi connectivity index (χ1) is 6.25. The van der Waals surface area contributed by atoms with Crippen molar-refractivity contribution in [2.45, 2.75) is 33.1 Å². The van der Waals surface area contributed by atoms with Crippen molar-refractivity contribution in [1.82, 2.24) is 4.98 Å². The summed E-state index contributed by atoms with van der Waals surface area (Å²) >= 11 is 0. The molecule has 70 valence electrons. The van der Waals surface area contributed by atoms with E-state index in [0.717, 1.165) is 24.0 Å². The lowest BCUT2D eigenvalue weighted by Crippen LogP contribution is -2.00. The second-order valence-electron chi connectivity index (χ2n) is 3.85. The fourth-order valence-corrected chi connectivity index (χ4v) is 1.70. The van der Waals surface area contributed by atoms with E-state index in [1.54, 1.807) is 0 Å². The van der Waals surface area contributed by atoms with Gasteiger partial charge < -0.3 is 4.42 Å². The molecule has 0 saturated heterocycles. The van der Waals surface area contributed by atoms with E-state index in [1.165, 1.54) is 18.4 Å². The molecule has 0 bridgehead atoms. The number of hydrogen-bond donors (Lipinski definition) is 0. The van der Waals surface area contributed by atoms with E-state index in [-0.39, 0.29) is 0 Å². The zero-order valence-corrected chi connectivity index (χ0v) is 8.21. The SMILES string of the molecule is Cc1ncc(C2=CCC(C)CC2)o1. The topological polar surface area (TPSA) is 26.0 Å². The van der Waals surface area contributed by atoms with Crippen molar-refractivity contribution in [2.24, 2.45) is 5.92 Å². The maximum absolute atomic E-state index is 5.48. The van der Waals surface area contributed by atoms with E-state index in [9.17, 15) is 0 Å². The lowest BCUT2D eigenvalue weighted by Gasteiger charge is -2.16. The zero-order chi connectivity index (χ0) is 9.26. The van der Waals surface area contributed by atoms with Crippen molar-refractivity contribution in [3.05, 3.63) is 23.9 Å². The molecule has 13 heavy (non-hydrogen) atoms. The van der Waals surface area contributed by atoms with Crippen LogP contribution < -0.4 is 0 Å². The molecule has 1 aliphatic rings. The van der Waals surface area contributed by atoms with Gasteiger partial charge in [-0.2, -0.15) is 0 Å². The van der Waals surface area contributed by atoms with Crippen molar-refractivity contribution in [3.8, 4) is 0 Å². The molecule has 0 aromatic carbocycles. The van der Waals surface area contributed by atoms with Crippen molar-refractivity contribution in [1.29, 1.82) is 0 Å². The Kier molecular flexibility index (Phi) is 2.21. The fraction of sp³-hybridized carbons (Fsp3) is 0.545. The first-order valence-corrected chi connectivity index (χ1v) is 4.87. The molecule has 0 saturated carbocycles. The van der Waals surface area contributed by atoms with Crippen LogP contribution in [0.15, 0.2) is 16.7 Å². The summed E-state index contributed by atoms with van der Waals surface area (Å²) in [4.78, 5) is 4.10. The molecule has 2 nitrogen and oxygen atoms in total. The highest BCUT2D eigenvalue weighted by atomic mass is 16.4. The molecule has 0 fully saturated rings.